The number of fused-ring (bicyclic) bond motifs is 2. The van der Waals surface area contributed by atoms with Gasteiger partial charge in [0, 0.05) is 24.9 Å². The smallest absolute Gasteiger partial charge is 0.0601 e. The molecule has 0 spiro atoms. The Balaban J connectivity index is 2.09. The lowest BCUT2D eigenvalue weighted by atomic mass is 10.0. The van der Waals surface area contributed by atoms with Crippen molar-refractivity contribution in [3.8, 4) is 0 Å². The van der Waals surface area contributed by atoms with Crippen LogP contribution in [0.25, 0.3) is 0 Å². The third kappa shape index (κ3) is 0.904. The summed E-state index contributed by atoms with van der Waals surface area (Å²) >= 11 is 0. The summed E-state index contributed by atoms with van der Waals surface area (Å²) in [5.41, 5.74) is 0.978. The largest absolute Gasteiger partial charge is 0.411 e. The van der Waals surface area contributed by atoms with E-state index in [-0.39, 0.29) is 0 Å². The van der Waals surface area contributed by atoms with Crippen LogP contribution in [0.1, 0.15) is 25.7 Å². The second-order valence-corrected chi connectivity index (χ2v) is 3.21. The zero-order chi connectivity index (χ0) is 6.97. The van der Waals surface area contributed by atoms with Gasteiger partial charge in [-0.1, -0.05) is 5.16 Å². The highest BCUT2D eigenvalue weighted by Gasteiger charge is 2.31. The van der Waals surface area contributed by atoms with Gasteiger partial charge < -0.3 is 10.5 Å². The molecule has 0 saturated carbocycles. The van der Waals surface area contributed by atoms with E-state index in [0.717, 1.165) is 18.6 Å². The van der Waals surface area contributed by atoms with Crippen LogP contribution in [0, 0.1) is 0 Å². The number of piperidine rings is 1. The summed E-state index contributed by atoms with van der Waals surface area (Å²) < 4.78 is 0. The number of nitrogens with one attached hydrogen (secondary N) is 1. The molecule has 2 atom stereocenters. The Morgan fingerprint density at radius 1 is 1.30 bits per heavy atom. The molecular formula is C7H12N2O. The molecule has 2 bridgehead atoms. The maximum atomic E-state index is 8.51. The van der Waals surface area contributed by atoms with Gasteiger partial charge in [0.25, 0.3) is 0 Å². The minimum Gasteiger partial charge on any atom is -0.411 e. The first-order chi connectivity index (χ1) is 4.88. The molecule has 0 aromatic rings. The van der Waals surface area contributed by atoms with E-state index in [1.165, 1.54) is 12.8 Å². The van der Waals surface area contributed by atoms with Gasteiger partial charge in [-0.15, -0.1) is 0 Å². The molecule has 2 fully saturated rings. The van der Waals surface area contributed by atoms with Crippen LogP contribution >= 0.6 is 0 Å². The SMILES string of the molecule is ON=C1CC2CCC(C1)N2. The molecule has 2 N–H and O–H groups in total. The number of oxime groups is 1. The van der Waals surface area contributed by atoms with E-state index in [2.05, 4.69) is 10.5 Å². The van der Waals surface area contributed by atoms with Gasteiger partial charge in [-0.05, 0) is 12.8 Å². The predicted octanol–water partition coefficient (Wildman–Crippen LogP) is 0.731. The van der Waals surface area contributed by atoms with Crippen molar-refractivity contribution in [1.82, 2.24) is 5.32 Å². The highest BCUT2D eigenvalue weighted by atomic mass is 16.4. The third-order valence-electron chi connectivity index (χ3n) is 2.44. The molecule has 3 nitrogen and oxygen atoms in total. The maximum absolute atomic E-state index is 8.51. The van der Waals surface area contributed by atoms with Gasteiger partial charge in [-0.25, -0.2) is 0 Å². The Labute approximate surface area is 60.1 Å². The molecule has 2 rings (SSSR count). The van der Waals surface area contributed by atoms with Gasteiger partial charge in [0.15, 0.2) is 0 Å². The molecule has 2 aliphatic rings. The fourth-order valence-electron chi connectivity index (χ4n) is 1.96. The quantitative estimate of drug-likeness (QED) is 0.385. The lowest BCUT2D eigenvalue weighted by molar-refractivity contribution is 0.312. The van der Waals surface area contributed by atoms with Gasteiger partial charge in [-0.3, -0.25) is 0 Å². The van der Waals surface area contributed by atoms with Crippen LogP contribution in [0.3, 0.4) is 0 Å². The minimum absolute atomic E-state index is 0.602. The number of rotatable bonds is 0. The Morgan fingerprint density at radius 2 is 1.90 bits per heavy atom. The van der Waals surface area contributed by atoms with Crippen LogP contribution in [-0.2, 0) is 0 Å². The van der Waals surface area contributed by atoms with Crippen LogP contribution in [0.2, 0.25) is 0 Å². The summed E-state index contributed by atoms with van der Waals surface area (Å²) in [7, 11) is 0. The topological polar surface area (TPSA) is 44.6 Å². The lowest BCUT2D eigenvalue weighted by Gasteiger charge is -2.20. The fraction of sp³-hybridized carbons (Fsp3) is 0.857. The molecule has 0 aromatic heterocycles. The van der Waals surface area contributed by atoms with Gasteiger partial charge >= 0.3 is 0 Å². The number of hydrogen-bond donors (Lipinski definition) is 2. The van der Waals surface area contributed by atoms with Gasteiger partial charge in [0.05, 0.1) is 5.71 Å². The fourth-order valence-corrected chi connectivity index (χ4v) is 1.96. The monoisotopic (exact) mass is 140 g/mol. The molecule has 2 unspecified atom stereocenters. The van der Waals surface area contributed by atoms with E-state index < -0.39 is 0 Å². The first-order valence-corrected chi connectivity index (χ1v) is 3.84. The van der Waals surface area contributed by atoms with E-state index in [1.54, 1.807) is 0 Å². The van der Waals surface area contributed by atoms with Crippen molar-refractivity contribution in [2.45, 2.75) is 37.8 Å². The van der Waals surface area contributed by atoms with Crippen LogP contribution in [-0.4, -0.2) is 23.0 Å². The second kappa shape index (κ2) is 2.23. The van der Waals surface area contributed by atoms with Crippen LogP contribution in [0.15, 0.2) is 5.16 Å². The number of nitrogens with zero attached hydrogens (tertiary/aromatic N) is 1. The van der Waals surface area contributed by atoms with Crippen molar-refractivity contribution in [2.75, 3.05) is 0 Å². The minimum atomic E-state index is 0.602. The summed E-state index contributed by atoms with van der Waals surface area (Å²) in [5, 5.41) is 15.2. The molecule has 2 saturated heterocycles. The third-order valence-corrected chi connectivity index (χ3v) is 2.44. The van der Waals surface area contributed by atoms with E-state index in [1.807, 2.05) is 0 Å². The van der Waals surface area contributed by atoms with Crippen LogP contribution in [0.5, 0.6) is 0 Å². The molecule has 0 radical (unpaired) electrons. The normalized spacial score (nSPS) is 38.2. The molecule has 0 aromatic carbocycles. The Kier molecular flexibility index (Phi) is 1.38. The maximum Gasteiger partial charge on any atom is 0.0601 e. The molecule has 0 amide bonds. The molecule has 0 aliphatic carbocycles. The number of hydrogen-bond acceptors (Lipinski definition) is 3. The van der Waals surface area contributed by atoms with Crippen molar-refractivity contribution < 1.29 is 5.21 Å². The van der Waals surface area contributed by atoms with Crippen molar-refractivity contribution in [3.05, 3.63) is 0 Å². The van der Waals surface area contributed by atoms with E-state index >= 15 is 0 Å². The Morgan fingerprint density at radius 3 is 2.40 bits per heavy atom. The van der Waals surface area contributed by atoms with Gasteiger partial charge in [0.2, 0.25) is 0 Å². The van der Waals surface area contributed by atoms with Crippen molar-refractivity contribution in [3.63, 3.8) is 0 Å². The molecule has 56 valence electrons. The average molecular weight is 140 g/mol. The second-order valence-electron chi connectivity index (χ2n) is 3.21. The van der Waals surface area contributed by atoms with Crippen molar-refractivity contribution >= 4 is 5.71 Å². The lowest BCUT2D eigenvalue weighted by Crippen LogP contribution is -2.38. The first-order valence-electron chi connectivity index (χ1n) is 3.84. The average Bonchev–Trinajstić information content (AvgIpc) is 2.30. The summed E-state index contributed by atoms with van der Waals surface area (Å²) in [6.45, 7) is 0. The highest BCUT2D eigenvalue weighted by Crippen LogP contribution is 2.24. The molecule has 2 aliphatic heterocycles. The summed E-state index contributed by atoms with van der Waals surface area (Å²) in [6.07, 6.45) is 4.41. The van der Waals surface area contributed by atoms with E-state index in [0.29, 0.717) is 12.1 Å². The van der Waals surface area contributed by atoms with E-state index in [4.69, 9.17) is 5.21 Å². The summed E-state index contributed by atoms with van der Waals surface area (Å²) in [5.74, 6) is 0. The zero-order valence-electron chi connectivity index (χ0n) is 5.88. The van der Waals surface area contributed by atoms with Crippen LogP contribution < -0.4 is 5.32 Å². The van der Waals surface area contributed by atoms with E-state index in [9.17, 15) is 0 Å². The summed E-state index contributed by atoms with van der Waals surface area (Å²) in [4.78, 5) is 0. The van der Waals surface area contributed by atoms with Gasteiger partial charge in [-0.2, -0.15) is 0 Å². The molecule has 2 heterocycles. The Hall–Kier alpha value is -0.570. The van der Waals surface area contributed by atoms with Crippen LogP contribution in [0.4, 0.5) is 0 Å². The zero-order valence-corrected chi connectivity index (χ0v) is 5.88. The standard InChI is InChI=1S/C7H12N2O/c10-9-7-3-5-1-2-6(4-7)8-5/h5-6,8,10H,1-4H2. The molecular weight excluding hydrogens is 128 g/mol. The molecule has 10 heavy (non-hydrogen) atoms. The first kappa shape index (κ1) is 6.16. The van der Waals surface area contributed by atoms with Crippen molar-refractivity contribution in [1.29, 1.82) is 0 Å². The molecule has 3 heteroatoms. The highest BCUT2D eigenvalue weighted by molar-refractivity contribution is 5.86. The van der Waals surface area contributed by atoms with Crippen molar-refractivity contribution in [2.24, 2.45) is 5.16 Å². The summed E-state index contributed by atoms with van der Waals surface area (Å²) in [6, 6.07) is 1.20. The predicted molar refractivity (Wildman–Crippen MR) is 38.4 cm³/mol. The Bertz CT molecular complexity index is 153. The van der Waals surface area contributed by atoms with Gasteiger partial charge in [0.1, 0.15) is 0 Å².